The molecule has 0 saturated carbocycles. The molecule has 1 saturated heterocycles. The molecule has 0 N–H and O–H groups in total. The van der Waals surface area contributed by atoms with Crippen LogP contribution in [0.5, 0.6) is 0 Å². The maximum Gasteiger partial charge on any atom is 0.150 e. The smallest absolute Gasteiger partial charge is 0.150 e. The first-order valence-corrected chi connectivity index (χ1v) is 10.4. The molecule has 114 valence electrons. The van der Waals surface area contributed by atoms with Gasteiger partial charge in [-0.3, -0.25) is 0 Å². The summed E-state index contributed by atoms with van der Waals surface area (Å²) in [7, 11) is -2.91. The SMILES string of the molecule is Cc1ncsc1CCC(CCl)(CCl)C1CCS(=O)(=O)C1. The van der Waals surface area contributed by atoms with Gasteiger partial charge in [0, 0.05) is 22.1 Å². The van der Waals surface area contributed by atoms with E-state index >= 15 is 0 Å². The molecule has 1 aliphatic heterocycles. The van der Waals surface area contributed by atoms with Crippen molar-refractivity contribution in [3.05, 3.63) is 16.1 Å². The summed E-state index contributed by atoms with van der Waals surface area (Å²) in [5.74, 6) is 1.40. The Hall–Kier alpha value is 0.160. The lowest BCUT2D eigenvalue weighted by molar-refractivity contribution is 0.227. The first-order valence-electron chi connectivity index (χ1n) is 6.64. The number of aryl methyl sites for hydroxylation is 2. The summed E-state index contributed by atoms with van der Waals surface area (Å²) in [4.78, 5) is 5.49. The lowest BCUT2D eigenvalue weighted by Crippen LogP contribution is -2.36. The van der Waals surface area contributed by atoms with E-state index in [0.717, 1.165) is 18.5 Å². The van der Waals surface area contributed by atoms with Crippen LogP contribution >= 0.6 is 34.5 Å². The van der Waals surface area contributed by atoms with Gasteiger partial charge in [-0.05, 0) is 32.1 Å². The predicted octanol–water partition coefficient (Wildman–Crippen LogP) is 3.28. The van der Waals surface area contributed by atoms with Gasteiger partial charge in [0.25, 0.3) is 0 Å². The number of halogens is 2. The summed E-state index contributed by atoms with van der Waals surface area (Å²) in [6, 6.07) is 0. The minimum atomic E-state index is -2.91. The van der Waals surface area contributed by atoms with Crippen molar-refractivity contribution in [2.45, 2.75) is 26.2 Å². The van der Waals surface area contributed by atoms with E-state index in [2.05, 4.69) is 4.98 Å². The zero-order valence-electron chi connectivity index (χ0n) is 11.4. The summed E-state index contributed by atoms with van der Waals surface area (Å²) < 4.78 is 23.4. The van der Waals surface area contributed by atoms with Crippen LogP contribution in [0.4, 0.5) is 0 Å². The van der Waals surface area contributed by atoms with Gasteiger partial charge < -0.3 is 0 Å². The van der Waals surface area contributed by atoms with Crippen molar-refractivity contribution in [2.24, 2.45) is 11.3 Å². The van der Waals surface area contributed by atoms with Crippen LogP contribution in [0.2, 0.25) is 0 Å². The first kappa shape index (κ1) is 16.5. The van der Waals surface area contributed by atoms with Crippen molar-refractivity contribution in [3.8, 4) is 0 Å². The Bertz CT molecular complexity index is 552. The topological polar surface area (TPSA) is 47.0 Å². The third-order valence-electron chi connectivity index (χ3n) is 4.33. The van der Waals surface area contributed by atoms with Crippen molar-refractivity contribution in [1.82, 2.24) is 4.98 Å². The lowest BCUT2D eigenvalue weighted by atomic mass is 9.74. The highest BCUT2D eigenvalue weighted by Gasteiger charge is 2.43. The van der Waals surface area contributed by atoms with Gasteiger partial charge in [-0.25, -0.2) is 13.4 Å². The van der Waals surface area contributed by atoms with Crippen molar-refractivity contribution in [2.75, 3.05) is 23.3 Å². The number of nitrogens with zero attached hydrogens (tertiary/aromatic N) is 1. The van der Waals surface area contributed by atoms with E-state index in [9.17, 15) is 8.42 Å². The second kappa shape index (κ2) is 6.51. The highest BCUT2D eigenvalue weighted by molar-refractivity contribution is 7.91. The third kappa shape index (κ3) is 3.49. The Morgan fingerprint density at radius 2 is 2.15 bits per heavy atom. The van der Waals surface area contributed by atoms with Gasteiger partial charge in [0.2, 0.25) is 0 Å². The number of aromatic nitrogens is 1. The minimum Gasteiger partial charge on any atom is -0.250 e. The summed E-state index contributed by atoms with van der Waals surface area (Å²) in [5, 5.41) is 0. The highest BCUT2D eigenvalue weighted by Crippen LogP contribution is 2.42. The normalized spacial score (nSPS) is 22.2. The quantitative estimate of drug-likeness (QED) is 0.735. The van der Waals surface area contributed by atoms with Crippen LogP contribution < -0.4 is 0 Å². The van der Waals surface area contributed by atoms with Crippen LogP contribution in [0.1, 0.15) is 23.4 Å². The Balaban J connectivity index is 2.11. The van der Waals surface area contributed by atoms with Crippen LogP contribution in [0.3, 0.4) is 0 Å². The number of alkyl halides is 2. The summed E-state index contributed by atoms with van der Waals surface area (Å²) in [6.45, 7) is 1.99. The van der Waals surface area contributed by atoms with Gasteiger partial charge in [0.15, 0.2) is 9.84 Å². The lowest BCUT2D eigenvalue weighted by Gasteiger charge is -2.35. The highest BCUT2D eigenvalue weighted by atomic mass is 35.5. The fraction of sp³-hybridized carbons (Fsp3) is 0.769. The van der Waals surface area contributed by atoms with E-state index in [1.807, 2.05) is 12.4 Å². The molecule has 0 aromatic carbocycles. The molecule has 20 heavy (non-hydrogen) atoms. The minimum absolute atomic E-state index is 0.0794. The number of rotatable bonds is 6. The molecule has 1 aliphatic rings. The van der Waals surface area contributed by atoms with Gasteiger partial charge in [-0.15, -0.1) is 34.5 Å². The van der Waals surface area contributed by atoms with E-state index in [-0.39, 0.29) is 22.8 Å². The second-order valence-corrected chi connectivity index (χ2v) is 9.29. The summed E-state index contributed by atoms with van der Waals surface area (Å²) in [6.07, 6.45) is 2.37. The van der Waals surface area contributed by atoms with Crippen LogP contribution in [0, 0.1) is 18.3 Å². The Morgan fingerprint density at radius 1 is 1.45 bits per heavy atom. The molecule has 1 aromatic heterocycles. The van der Waals surface area contributed by atoms with E-state index in [4.69, 9.17) is 23.2 Å². The van der Waals surface area contributed by atoms with Crippen LogP contribution in [0.15, 0.2) is 5.51 Å². The van der Waals surface area contributed by atoms with Crippen molar-refractivity contribution >= 4 is 44.4 Å². The molecule has 1 unspecified atom stereocenters. The zero-order chi connectivity index (χ0) is 14.8. The van der Waals surface area contributed by atoms with Crippen LogP contribution in [-0.2, 0) is 16.3 Å². The van der Waals surface area contributed by atoms with Crippen molar-refractivity contribution < 1.29 is 8.42 Å². The number of hydrogen-bond acceptors (Lipinski definition) is 4. The van der Waals surface area contributed by atoms with Crippen molar-refractivity contribution in [1.29, 1.82) is 0 Å². The van der Waals surface area contributed by atoms with E-state index in [0.29, 0.717) is 18.2 Å². The molecule has 0 amide bonds. The van der Waals surface area contributed by atoms with Crippen molar-refractivity contribution in [3.63, 3.8) is 0 Å². The van der Waals surface area contributed by atoms with Gasteiger partial charge in [-0.2, -0.15) is 0 Å². The summed E-state index contributed by atoms with van der Waals surface area (Å²) in [5.41, 5.74) is 2.60. The molecule has 3 nitrogen and oxygen atoms in total. The van der Waals surface area contributed by atoms with Crippen LogP contribution in [0.25, 0.3) is 0 Å². The Morgan fingerprint density at radius 3 is 2.60 bits per heavy atom. The molecule has 1 atom stereocenters. The molecule has 1 aromatic rings. The van der Waals surface area contributed by atoms with Gasteiger partial charge in [-0.1, -0.05) is 0 Å². The molecule has 2 heterocycles. The Kier molecular flexibility index (Phi) is 5.38. The third-order valence-corrected chi connectivity index (χ3v) is 8.15. The van der Waals surface area contributed by atoms with Crippen LogP contribution in [-0.4, -0.2) is 36.7 Å². The average molecular weight is 356 g/mol. The maximum atomic E-state index is 11.7. The largest absolute Gasteiger partial charge is 0.250 e. The van der Waals surface area contributed by atoms with E-state index < -0.39 is 9.84 Å². The first-order chi connectivity index (χ1) is 9.42. The Labute approximate surface area is 134 Å². The number of hydrogen-bond donors (Lipinski definition) is 0. The molecule has 2 rings (SSSR count). The summed E-state index contributed by atoms with van der Waals surface area (Å²) >= 11 is 14.0. The fourth-order valence-electron chi connectivity index (χ4n) is 2.80. The number of sulfone groups is 1. The molecular weight excluding hydrogens is 337 g/mol. The molecule has 7 heteroatoms. The molecule has 1 fully saturated rings. The second-order valence-electron chi connectivity index (χ2n) is 5.59. The number of thiazole rings is 1. The molecule has 0 spiro atoms. The molecule has 0 aliphatic carbocycles. The van der Waals surface area contributed by atoms with E-state index in [1.165, 1.54) is 4.88 Å². The average Bonchev–Trinajstić information content (AvgIpc) is 2.98. The predicted molar refractivity (Wildman–Crippen MR) is 85.8 cm³/mol. The molecule has 0 bridgehead atoms. The fourth-order valence-corrected chi connectivity index (χ4v) is 6.51. The monoisotopic (exact) mass is 355 g/mol. The molecular formula is C13H19Cl2NO2S2. The zero-order valence-corrected chi connectivity index (χ0v) is 14.6. The van der Waals surface area contributed by atoms with Gasteiger partial charge >= 0.3 is 0 Å². The van der Waals surface area contributed by atoms with Gasteiger partial charge in [0.1, 0.15) is 0 Å². The standard InChI is InChI=1S/C13H19Cl2NO2S2/c1-10-12(19-9-16-10)2-4-13(7-14,8-15)11-3-5-20(17,18)6-11/h9,11H,2-8H2,1H3. The maximum absolute atomic E-state index is 11.7. The van der Waals surface area contributed by atoms with E-state index in [1.54, 1.807) is 11.3 Å². The van der Waals surface area contributed by atoms with Gasteiger partial charge in [0.05, 0.1) is 22.7 Å². The molecule has 0 radical (unpaired) electrons.